The lowest BCUT2D eigenvalue weighted by molar-refractivity contribution is -0.313. The lowest BCUT2D eigenvalue weighted by Crippen LogP contribution is -2.52. The van der Waals surface area contributed by atoms with Crippen molar-refractivity contribution in [1.29, 1.82) is 0 Å². The van der Waals surface area contributed by atoms with Crippen LogP contribution in [0.5, 0.6) is 23.0 Å². The molecule has 11 heteroatoms. The van der Waals surface area contributed by atoms with Gasteiger partial charge in [-0.05, 0) is 29.7 Å². The Balaban J connectivity index is 1.50. The van der Waals surface area contributed by atoms with Crippen molar-refractivity contribution in [2.75, 3.05) is 41.7 Å². The standard InChI is InChI=1S/C33H38O11/c1-37-21-12-10-20(11-13-21)33-26(19-8-6-5-7-9-19)28(39-3)29(35)32(33,36)27-24(38-2)16-23(17-25(27)44-33)43-31-30(40-4)41-18-22(42-31)14-15-34/h5-13,16-17,22,26,28-31,34-36H,14-15,18H2,1-4H3/t22-,26+,28+,29+,30+,31-,32-,33-/m0/s1. The number of hydrogen-bond acceptors (Lipinski definition) is 11. The van der Waals surface area contributed by atoms with Gasteiger partial charge in [-0.15, -0.1) is 0 Å². The summed E-state index contributed by atoms with van der Waals surface area (Å²) in [6.07, 6.45) is -4.09. The molecule has 0 aromatic heterocycles. The Morgan fingerprint density at radius 2 is 1.64 bits per heavy atom. The van der Waals surface area contributed by atoms with Gasteiger partial charge in [-0.1, -0.05) is 42.5 Å². The van der Waals surface area contributed by atoms with Gasteiger partial charge >= 0.3 is 0 Å². The maximum absolute atomic E-state index is 12.9. The highest BCUT2D eigenvalue weighted by Gasteiger charge is 2.77. The molecule has 1 aliphatic carbocycles. The van der Waals surface area contributed by atoms with Crippen molar-refractivity contribution in [2.45, 2.75) is 54.4 Å². The van der Waals surface area contributed by atoms with Crippen molar-refractivity contribution < 1.29 is 53.2 Å². The normalized spacial score (nSPS) is 32.4. The van der Waals surface area contributed by atoms with Crippen molar-refractivity contribution in [3.8, 4) is 23.0 Å². The Hall–Kier alpha value is -3.42. The van der Waals surface area contributed by atoms with Crippen molar-refractivity contribution in [3.05, 3.63) is 83.4 Å². The van der Waals surface area contributed by atoms with E-state index in [2.05, 4.69) is 0 Å². The second-order valence-electron chi connectivity index (χ2n) is 11.1. The first kappa shape index (κ1) is 30.6. The predicted octanol–water partition coefficient (Wildman–Crippen LogP) is 2.83. The van der Waals surface area contributed by atoms with Crippen LogP contribution in [0.1, 0.15) is 29.0 Å². The summed E-state index contributed by atoms with van der Waals surface area (Å²) in [6.45, 7) is 0.171. The maximum atomic E-state index is 12.9. The average Bonchev–Trinajstić information content (AvgIpc) is 3.43. The molecule has 3 N–H and O–H groups in total. The molecule has 0 radical (unpaired) electrons. The highest BCUT2D eigenvalue weighted by atomic mass is 16.8. The Labute approximate surface area is 255 Å². The number of benzene rings is 3. The van der Waals surface area contributed by atoms with Gasteiger partial charge in [-0.3, -0.25) is 0 Å². The molecule has 3 aromatic rings. The fourth-order valence-corrected chi connectivity index (χ4v) is 6.92. The zero-order valence-electron chi connectivity index (χ0n) is 25.0. The topological polar surface area (TPSA) is 135 Å². The van der Waals surface area contributed by atoms with Crippen LogP contribution in [-0.4, -0.2) is 87.9 Å². The summed E-state index contributed by atoms with van der Waals surface area (Å²) >= 11 is 0. The molecule has 11 nitrogen and oxygen atoms in total. The minimum Gasteiger partial charge on any atom is -0.497 e. The van der Waals surface area contributed by atoms with Crippen LogP contribution in [-0.2, 0) is 30.1 Å². The Bertz CT molecular complexity index is 1430. The van der Waals surface area contributed by atoms with Gasteiger partial charge < -0.3 is 53.2 Å². The van der Waals surface area contributed by atoms with Gasteiger partial charge in [0.25, 0.3) is 6.29 Å². The van der Waals surface area contributed by atoms with Crippen LogP contribution in [0.15, 0.2) is 66.7 Å². The van der Waals surface area contributed by atoms with Crippen LogP contribution >= 0.6 is 0 Å². The van der Waals surface area contributed by atoms with Crippen molar-refractivity contribution in [3.63, 3.8) is 0 Å². The number of rotatable bonds is 10. The molecule has 1 saturated heterocycles. The Kier molecular flexibility index (Phi) is 8.46. The molecule has 0 unspecified atom stereocenters. The summed E-state index contributed by atoms with van der Waals surface area (Å²) in [7, 11) is 6.03. The highest BCUT2D eigenvalue weighted by Crippen LogP contribution is 2.69. The molecule has 0 bridgehead atoms. The summed E-state index contributed by atoms with van der Waals surface area (Å²) in [5, 5.41) is 34.3. The van der Waals surface area contributed by atoms with Crippen LogP contribution < -0.4 is 18.9 Å². The number of fused-ring (bicyclic) bond motifs is 3. The zero-order valence-corrected chi connectivity index (χ0v) is 25.0. The number of ether oxygens (including phenoxy) is 8. The molecule has 0 amide bonds. The van der Waals surface area contributed by atoms with Crippen LogP contribution in [0.3, 0.4) is 0 Å². The van der Waals surface area contributed by atoms with Gasteiger partial charge in [-0.25, -0.2) is 0 Å². The van der Waals surface area contributed by atoms with Crippen LogP contribution in [0.25, 0.3) is 0 Å². The van der Waals surface area contributed by atoms with E-state index in [9.17, 15) is 15.3 Å². The van der Waals surface area contributed by atoms with E-state index < -0.39 is 48.0 Å². The van der Waals surface area contributed by atoms with Crippen molar-refractivity contribution >= 4 is 0 Å². The third-order valence-electron chi connectivity index (χ3n) is 8.86. The summed E-state index contributed by atoms with van der Waals surface area (Å²) in [6, 6.07) is 20.0. The molecular weight excluding hydrogens is 572 g/mol. The molecule has 2 aliphatic heterocycles. The van der Waals surface area contributed by atoms with E-state index >= 15 is 0 Å². The average molecular weight is 611 g/mol. The summed E-state index contributed by atoms with van der Waals surface area (Å²) < 4.78 is 47.5. The second kappa shape index (κ2) is 12.2. The minimum absolute atomic E-state index is 0.0711. The van der Waals surface area contributed by atoms with E-state index in [0.717, 1.165) is 5.56 Å². The van der Waals surface area contributed by atoms with E-state index in [1.54, 1.807) is 31.4 Å². The minimum atomic E-state index is -2.02. The molecule has 1 saturated carbocycles. The maximum Gasteiger partial charge on any atom is 0.251 e. The predicted molar refractivity (Wildman–Crippen MR) is 156 cm³/mol. The fourth-order valence-electron chi connectivity index (χ4n) is 6.92. The molecule has 8 atom stereocenters. The monoisotopic (exact) mass is 610 g/mol. The van der Waals surface area contributed by atoms with Gasteiger partial charge in [0.05, 0.1) is 44.5 Å². The van der Waals surface area contributed by atoms with Crippen LogP contribution in [0, 0.1) is 0 Å². The molecule has 3 aromatic carbocycles. The Morgan fingerprint density at radius 3 is 2.27 bits per heavy atom. The highest BCUT2D eigenvalue weighted by molar-refractivity contribution is 5.63. The molecule has 2 heterocycles. The lowest BCUT2D eigenvalue weighted by atomic mass is 9.71. The van der Waals surface area contributed by atoms with Crippen LogP contribution in [0.4, 0.5) is 0 Å². The first-order valence-electron chi connectivity index (χ1n) is 14.5. The number of methoxy groups -OCH3 is 4. The smallest absolute Gasteiger partial charge is 0.251 e. The SMILES string of the molecule is COc1ccc([C@@]23Oc4cc(O[C@@H]5O[C@@H](CCO)CO[C@H]5OC)cc(OC)c4[C@]2(O)[C@H](O)[C@H](OC)[C@H]3c2ccccc2)cc1. The van der Waals surface area contributed by atoms with Gasteiger partial charge in [0.15, 0.2) is 11.2 Å². The van der Waals surface area contributed by atoms with E-state index in [4.69, 9.17) is 37.9 Å². The fraction of sp³-hybridized carbons (Fsp3) is 0.455. The van der Waals surface area contributed by atoms with Crippen LogP contribution in [0.2, 0.25) is 0 Å². The molecule has 236 valence electrons. The Morgan fingerprint density at radius 1 is 0.886 bits per heavy atom. The third-order valence-corrected chi connectivity index (χ3v) is 8.86. The van der Waals surface area contributed by atoms with Gasteiger partial charge in [0, 0.05) is 33.0 Å². The van der Waals surface area contributed by atoms with E-state index in [0.29, 0.717) is 23.5 Å². The van der Waals surface area contributed by atoms with Crippen molar-refractivity contribution in [1.82, 2.24) is 0 Å². The number of aliphatic hydroxyl groups excluding tert-OH is 2. The molecule has 0 spiro atoms. The van der Waals surface area contributed by atoms with Gasteiger partial charge in [-0.2, -0.15) is 0 Å². The number of aliphatic hydroxyl groups is 3. The third kappa shape index (κ3) is 4.62. The second-order valence-corrected chi connectivity index (χ2v) is 11.1. The van der Waals surface area contributed by atoms with E-state index in [1.807, 2.05) is 42.5 Å². The first-order valence-corrected chi connectivity index (χ1v) is 14.5. The van der Waals surface area contributed by atoms with Crippen molar-refractivity contribution in [2.24, 2.45) is 0 Å². The largest absolute Gasteiger partial charge is 0.497 e. The molecule has 3 aliphatic rings. The summed E-state index contributed by atoms with van der Waals surface area (Å²) in [4.78, 5) is 0. The lowest BCUT2D eigenvalue weighted by Gasteiger charge is -2.40. The molecule has 6 rings (SSSR count). The summed E-state index contributed by atoms with van der Waals surface area (Å²) in [5.41, 5.74) is -1.91. The van der Waals surface area contributed by atoms with E-state index in [-0.39, 0.29) is 30.3 Å². The zero-order chi connectivity index (χ0) is 31.1. The number of hydrogen-bond donors (Lipinski definition) is 3. The van der Waals surface area contributed by atoms with E-state index in [1.165, 1.54) is 21.3 Å². The molecular formula is C33H38O11. The van der Waals surface area contributed by atoms with Gasteiger partial charge in [0.2, 0.25) is 6.29 Å². The summed E-state index contributed by atoms with van der Waals surface area (Å²) in [5.74, 6) is 0.747. The first-order chi connectivity index (χ1) is 21.4. The quantitative estimate of drug-likeness (QED) is 0.313. The van der Waals surface area contributed by atoms with Gasteiger partial charge in [0.1, 0.15) is 29.1 Å². The molecule has 44 heavy (non-hydrogen) atoms. The molecule has 2 fully saturated rings.